The highest BCUT2D eigenvalue weighted by molar-refractivity contribution is 6.04. The second kappa shape index (κ2) is 6.68. The minimum absolute atomic E-state index is 0.0550. The topological polar surface area (TPSA) is 80.7 Å². The van der Waals surface area contributed by atoms with Crippen LogP contribution in [0.15, 0.2) is 0 Å². The Hall–Kier alpha value is -1.23. The molecular formula is C22H34O5. The smallest absolute Gasteiger partial charge is 0.319 e. The fourth-order valence-electron chi connectivity index (χ4n) is 6.17. The molecule has 3 aliphatic rings. The van der Waals surface area contributed by atoms with Gasteiger partial charge in [0.2, 0.25) is 0 Å². The summed E-state index contributed by atoms with van der Waals surface area (Å²) < 4.78 is 5.21. The summed E-state index contributed by atoms with van der Waals surface area (Å²) in [7, 11) is 0. The van der Waals surface area contributed by atoms with Crippen molar-refractivity contribution in [1.29, 1.82) is 0 Å². The van der Waals surface area contributed by atoms with Gasteiger partial charge in [-0.2, -0.15) is 0 Å². The molecule has 0 aliphatic heterocycles. The van der Waals surface area contributed by atoms with Crippen LogP contribution in [-0.4, -0.2) is 34.9 Å². The molecule has 3 saturated carbocycles. The molecule has 0 saturated heterocycles. The van der Waals surface area contributed by atoms with Crippen molar-refractivity contribution in [3.05, 3.63) is 0 Å². The van der Waals surface area contributed by atoms with Crippen LogP contribution in [0.1, 0.15) is 85.5 Å². The second-order valence-electron chi connectivity index (χ2n) is 9.71. The summed E-state index contributed by atoms with van der Waals surface area (Å²) in [4.78, 5) is 38.5. The number of hydrogen-bond acceptors (Lipinski definition) is 5. The SMILES string of the molecule is CCOC(=O)[C@]1(CCC(=O)[C@@]2(O)C[C@H]3CC[C@]2(C)C3(C)C)CCCCC1=O. The molecule has 0 spiro atoms. The molecule has 1 N–H and O–H groups in total. The van der Waals surface area contributed by atoms with E-state index in [1.54, 1.807) is 6.92 Å². The zero-order chi connectivity index (χ0) is 20.1. The van der Waals surface area contributed by atoms with Gasteiger partial charge in [0.15, 0.2) is 5.78 Å². The van der Waals surface area contributed by atoms with Crippen molar-refractivity contribution in [1.82, 2.24) is 0 Å². The highest BCUT2D eigenvalue weighted by atomic mass is 16.5. The van der Waals surface area contributed by atoms with E-state index >= 15 is 0 Å². The summed E-state index contributed by atoms with van der Waals surface area (Å²) in [6.45, 7) is 8.29. The van der Waals surface area contributed by atoms with Gasteiger partial charge in [-0.25, -0.2) is 0 Å². The molecule has 0 aromatic carbocycles. The van der Waals surface area contributed by atoms with E-state index in [0.29, 0.717) is 25.2 Å². The Bertz CT molecular complexity index is 653. The van der Waals surface area contributed by atoms with Gasteiger partial charge in [0.1, 0.15) is 16.8 Å². The van der Waals surface area contributed by atoms with Gasteiger partial charge in [0.25, 0.3) is 0 Å². The molecule has 5 nitrogen and oxygen atoms in total. The minimum Gasteiger partial charge on any atom is -0.465 e. The van der Waals surface area contributed by atoms with Crippen molar-refractivity contribution >= 4 is 17.5 Å². The standard InChI is InChI=1S/C22H34O5/c1-5-27-18(25)21(11-7-6-8-16(21)23)13-10-17(24)22(26)14-15-9-12-20(22,4)19(15,2)3/h15,26H,5-14H2,1-4H3/t15-,20-,21+,22+/m1/s1. The number of hydrogen-bond donors (Lipinski definition) is 1. The van der Waals surface area contributed by atoms with Crippen LogP contribution >= 0.6 is 0 Å². The van der Waals surface area contributed by atoms with Gasteiger partial charge >= 0.3 is 5.97 Å². The third-order valence-electron chi connectivity index (χ3n) is 8.59. The van der Waals surface area contributed by atoms with Crippen molar-refractivity contribution in [2.45, 2.75) is 91.1 Å². The molecule has 27 heavy (non-hydrogen) atoms. The average Bonchev–Trinajstić information content (AvgIpc) is 2.93. The fourth-order valence-corrected chi connectivity index (χ4v) is 6.17. The van der Waals surface area contributed by atoms with Gasteiger partial charge < -0.3 is 9.84 Å². The molecule has 4 atom stereocenters. The molecule has 0 amide bonds. The molecule has 3 rings (SSSR count). The van der Waals surface area contributed by atoms with Gasteiger partial charge in [-0.1, -0.05) is 27.2 Å². The second-order valence-corrected chi connectivity index (χ2v) is 9.71. The number of carbonyl (C=O) groups is 3. The van der Waals surface area contributed by atoms with Crippen molar-refractivity contribution in [2.24, 2.45) is 22.2 Å². The van der Waals surface area contributed by atoms with Gasteiger partial charge in [-0.3, -0.25) is 14.4 Å². The number of aliphatic hydroxyl groups is 1. The quantitative estimate of drug-likeness (QED) is 0.564. The lowest BCUT2D eigenvalue weighted by Crippen LogP contribution is -2.53. The number of carbonyl (C=O) groups excluding carboxylic acids is 3. The molecule has 0 aromatic heterocycles. The maximum Gasteiger partial charge on any atom is 0.319 e. The maximum absolute atomic E-state index is 13.2. The summed E-state index contributed by atoms with van der Waals surface area (Å²) >= 11 is 0. The summed E-state index contributed by atoms with van der Waals surface area (Å²) in [6.07, 6.45) is 4.98. The van der Waals surface area contributed by atoms with Crippen molar-refractivity contribution in [3.63, 3.8) is 0 Å². The molecule has 0 radical (unpaired) electrons. The van der Waals surface area contributed by atoms with Crippen molar-refractivity contribution < 1.29 is 24.2 Å². The fraction of sp³-hybridized carbons (Fsp3) is 0.864. The van der Waals surface area contributed by atoms with E-state index in [4.69, 9.17) is 4.74 Å². The van der Waals surface area contributed by atoms with Crippen LogP contribution in [-0.2, 0) is 19.1 Å². The summed E-state index contributed by atoms with van der Waals surface area (Å²) in [5, 5.41) is 11.4. The first-order chi connectivity index (χ1) is 12.5. The highest BCUT2D eigenvalue weighted by Crippen LogP contribution is 2.70. The first-order valence-electron chi connectivity index (χ1n) is 10.5. The minimum atomic E-state index is -1.35. The first kappa shape index (κ1) is 20.5. The number of rotatable bonds is 6. The van der Waals surface area contributed by atoms with Crippen LogP contribution < -0.4 is 0 Å². The van der Waals surface area contributed by atoms with E-state index in [9.17, 15) is 19.5 Å². The zero-order valence-electron chi connectivity index (χ0n) is 17.2. The van der Waals surface area contributed by atoms with E-state index in [1.807, 2.05) is 6.92 Å². The van der Waals surface area contributed by atoms with Crippen LogP contribution in [0.2, 0.25) is 0 Å². The van der Waals surface area contributed by atoms with E-state index < -0.39 is 22.4 Å². The lowest BCUT2D eigenvalue weighted by molar-refractivity contribution is -0.164. The average molecular weight is 379 g/mol. The monoisotopic (exact) mass is 378 g/mol. The molecule has 0 unspecified atom stereocenters. The van der Waals surface area contributed by atoms with E-state index in [0.717, 1.165) is 25.7 Å². The number of esters is 1. The van der Waals surface area contributed by atoms with Crippen molar-refractivity contribution in [2.75, 3.05) is 6.61 Å². The van der Waals surface area contributed by atoms with Crippen molar-refractivity contribution in [3.8, 4) is 0 Å². The first-order valence-corrected chi connectivity index (χ1v) is 10.5. The van der Waals surface area contributed by atoms with Gasteiger partial charge in [-0.15, -0.1) is 0 Å². The van der Waals surface area contributed by atoms with E-state index in [-0.39, 0.29) is 36.4 Å². The molecule has 3 fully saturated rings. The number of fused-ring (bicyclic) bond motifs is 2. The Morgan fingerprint density at radius 1 is 1.19 bits per heavy atom. The largest absolute Gasteiger partial charge is 0.465 e. The number of ketones is 2. The Morgan fingerprint density at radius 3 is 2.41 bits per heavy atom. The maximum atomic E-state index is 13.2. The van der Waals surface area contributed by atoms with Gasteiger partial charge in [0.05, 0.1) is 6.61 Å². The highest BCUT2D eigenvalue weighted by Gasteiger charge is 2.70. The normalized spacial score (nSPS) is 40.2. The number of ether oxygens (including phenoxy) is 1. The molecule has 2 bridgehead atoms. The summed E-state index contributed by atoms with van der Waals surface area (Å²) in [5.74, 6) is -0.463. The molecule has 0 heterocycles. The number of Topliss-reactive ketones (excluding diaryl/α,β-unsaturated/α-hetero) is 2. The zero-order valence-corrected chi connectivity index (χ0v) is 17.2. The Morgan fingerprint density at radius 2 is 1.89 bits per heavy atom. The van der Waals surface area contributed by atoms with Crippen LogP contribution in [0, 0.1) is 22.2 Å². The molecule has 5 heteroatoms. The van der Waals surface area contributed by atoms with E-state index in [2.05, 4.69) is 13.8 Å². The third kappa shape index (κ3) is 2.72. The Balaban J connectivity index is 1.79. The molecule has 152 valence electrons. The Kier molecular flexibility index (Phi) is 5.07. The lowest BCUT2D eigenvalue weighted by atomic mass is 9.62. The Labute approximate surface area is 162 Å². The molecular weight excluding hydrogens is 344 g/mol. The van der Waals surface area contributed by atoms with Crippen LogP contribution in [0.5, 0.6) is 0 Å². The van der Waals surface area contributed by atoms with Gasteiger partial charge in [0, 0.05) is 18.3 Å². The summed E-state index contributed by atoms with van der Waals surface area (Å²) in [6, 6.07) is 0. The lowest BCUT2D eigenvalue weighted by Gasteiger charge is -2.44. The van der Waals surface area contributed by atoms with E-state index in [1.165, 1.54) is 0 Å². The molecule has 3 aliphatic carbocycles. The predicted octanol–water partition coefficient (Wildman–Crippen LogP) is 3.61. The third-order valence-corrected chi connectivity index (χ3v) is 8.59. The van der Waals surface area contributed by atoms with Crippen LogP contribution in [0.3, 0.4) is 0 Å². The predicted molar refractivity (Wildman–Crippen MR) is 101 cm³/mol. The molecule has 0 aromatic rings. The summed E-state index contributed by atoms with van der Waals surface area (Å²) in [5.41, 5.74) is -3.09. The van der Waals surface area contributed by atoms with Crippen LogP contribution in [0.25, 0.3) is 0 Å². The van der Waals surface area contributed by atoms with Gasteiger partial charge in [-0.05, 0) is 56.8 Å². The van der Waals surface area contributed by atoms with Crippen LogP contribution in [0.4, 0.5) is 0 Å².